The Morgan fingerprint density at radius 1 is 0.721 bits per heavy atom. The number of carbonyl (C=O) groups excluding carboxylic acids is 1. The number of sulfone groups is 1. The number of nitrogens with one attached hydrogen (secondary N) is 1. The van der Waals surface area contributed by atoms with E-state index in [4.69, 9.17) is 0 Å². The van der Waals surface area contributed by atoms with Crippen LogP contribution >= 0.6 is 0 Å². The maximum absolute atomic E-state index is 13.5. The quantitative estimate of drug-likeness (QED) is 0.165. The molecule has 8 heteroatoms. The number of phenolic OH excluding ortho intramolecular Hbond substituents is 3. The highest BCUT2D eigenvalue weighted by Crippen LogP contribution is 2.41. The van der Waals surface area contributed by atoms with E-state index in [1.807, 2.05) is 39.0 Å². The SMILES string of the molecule is CC(C)(C)c1ccc(CCc2cc(C(=O)Nc3ccc(S(=O)(=O)c4ccccc4C(C)(C)C)cc3)c(O)c(O)c2O)cc1. The molecule has 0 aliphatic rings. The molecular weight excluding hydrogens is 562 g/mol. The minimum atomic E-state index is -3.83. The molecule has 4 aromatic rings. The molecule has 0 bridgehead atoms. The Kier molecular flexibility index (Phi) is 8.65. The first-order chi connectivity index (χ1) is 20.0. The lowest BCUT2D eigenvalue weighted by Crippen LogP contribution is -2.17. The van der Waals surface area contributed by atoms with Crippen LogP contribution in [0.2, 0.25) is 0 Å². The minimum absolute atomic E-state index is 0.0219. The molecule has 7 nitrogen and oxygen atoms in total. The van der Waals surface area contributed by atoms with Gasteiger partial charge in [0, 0.05) is 5.69 Å². The summed E-state index contributed by atoms with van der Waals surface area (Å²) in [5, 5.41) is 33.9. The summed E-state index contributed by atoms with van der Waals surface area (Å²) in [7, 11) is -3.83. The van der Waals surface area contributed by atoms with Crippen molar-refractivity contribution in [2.45, 2.75) is 75.0 Å². The smallest absolute Gasteiger partial charge is 0.259 e. The van der Waals surface area contributed by atoms with Crippen molar-refractivity contribution in [2.75, 3.05) is 5.32 Å². The number of aromatic hydroxyl groups is 3. The van der Waals surface area contributed by atoms with Crippen LogP contribution in [0.25, 0.3) is 0 Å². The number of hydrogen-bond acceptors (Lipinski definition) is 6. The van der Waals surface area contributed by atoms with Crippen molar-refractivity contribution in [3.8, 4) is 17.2 Å². The van der Waals surface area contributed by atoms with Crippen molar-refractivity contribution in [1.29, 1.82) is 0 Å². The minimum Gasteiger partial charge on any atom is -0.504 e. The molecule has 0 aliphatic heterocycles. The molecule has 0 saturated heterocycles. The van der Waals surface area contributed by atoms with Crippen LogP contribution in [0.3, 0.4) is 0 Å². The number of aryl methyl sites for hydroxylation is 2. The van der Waals surface area contributed by atoms with Crippen molar-refractivity contribution >= 4 is 21.4 Å². The van der Waals surface area contributed by atoms with Gasteiger partial charge in [-0.05, 0) is 82.3 Å². The Labute approximate surface area is 253 Å². The molecule has 4 N–H and O–H groups in total. The standard InChI is InChI=1S/C35H39NO6S/c1-34(2,3)24-15-12-22(13-16-24)11-14-23-21-27(31(38)32(39)30(23)37)33(40)36-25-17-19-26(20-18-25)43(41,42)29-10-8-7-9-28(29)35(4,5)6/h7-10,12-13,15-21,37-39H,11,14H2,1-6H3,(H,36,40). The van der Waals surface area contributed by atoms with Gasteiger partial charge >= 0.3 is 0 Å². The average Bonchev–Trinajstić information content (AvgIpc) is 2.95. The van der Waals surface area contributed by atoms with E-state index < -0.39 is 33.0 Å². The largest absolute Gasteiger partial charge is 0.504 e. The van der Waals surface area contributed by atoms with Gasteiger partial charge in [-0.15, -0.1) is 0 Å². The van der Waals surface area contributed by atoms with E-state index in [1.165, 1.54) is 35.9 Å². The van der Waals surface area contributed by atoms with Crippen molar-refractivity contribution < 1.29 is 28.5 Å². The molecule has 0 atom stereocenters. The highest BCUT2D eigenvalue weighted by atomic mass is 32.2. The second-order valence-corrected chi connectivity index (χ2v) is 14.7. The summed E-state index contributed by atoms with van der Waals surface area (Å²) in [6, 6.07) is 22.1. The van der Waals surface area contributed by atoms with Crippen molar-refractivity contribution in [3.05, 3.63) is 107 Å². The summed E-state index contributed by atoms with van der Waals surface area (Å²) >= 11 is 0. The Morgan fingerprint density at radius 3 is 1.91 bits per heavy atom. The summed E-state index contributed by atoms with van der Waals surface area (Å²) in [5.74, 6) is -2.72. The molecular formula is C35H39NO6S. The van der Waals surface area contributed by atoms with E-state index in [0.29, 0.717) is 29.7 Å². The molecule has 0 heterocycles. The van der Waals surface area contributed by atoms with Crippen LogP contribution in [0.4, 0.5) is 5.69 Å². The molecule has 0 radical (unpaired) electrons. The molecule has 0 fully saturated rings. The fourth-order valence-corrected chi connectivity index (χ4v) is 6.55. The van der Waals surface area contributed by atoms with Crippen LogP contribution in [0.15, 0.2) is 88.7 Å². The Balaban J connectivity index is 1.53. The monoisotopic (exact) mass is 601 g/mol. The first-order valence-electron chi connectivity index (χ1n) is 14.1. The Bertz CT molecular complexity index is 1740. The molecule has 4 aromatic carbocycles. The lowest BCUT2D eigenvalue weighted by atomic mass is 9.86. The molecule has 0 saturated carbocycles. The van der Waals surface area contributed by atoms with Crippen LogP contribution in [-0.4, -0.2) is 29.6 Å². The number of benzene rings is 4. The summed E-state index contributed by atoms with van der Waals surface area (Å²) in [6.45, 7) is 12.3. The van der Waals surface area contributed by atoms with E-state index in [9.17, 15) is 28.5 Å². The first kappa shape index (κ1) is 31.6. The van der Waals surface area contributed by atoms with Crippen molar-refractivity contribution in [3.63, 3.8) is 0 Å². The fraction of sp³-hybridized carbons (Fsp3) is 0.286. The predicted molar refractivity (Wildman–Crippen MR) is 169 cm³/mol. The zero-order chi connectivity index (χ0) is 31.7. The van der Waals surface area contributed by atoms with Crippen molar-refractivity contribution in [1.82, 2.24) is 0 Å². The molecule has 226 valence electrons. The second kappa shape index (κ2) is 11.8. The van der Waals surface area contributed by atoms with E-state index >= 15 is 0 Å². The Hall–Kier alpha value is -4.30. The molecule has 0 aromatic heterocycles. The third-order valence-corrected chi connectivity index (χ3v) is 9.31. The number of phenols is 3. The summed E-state index contributed by atoms with van der Waals surface area (Å²) in [4.78, 5) is 13.4. The first-order valence-corrected chi connectivity index (χ1v) is 15.6. The van der Waals surface area contributed by atoms with E-state index in [0.717, 1.165) is 5.56 Å². The second-order valence-electron chi connectivity index (χ2n) is 12.8. The molecule has 43 heavy (non-hydrogen) atoms. The number of carbonyl (C=O) groups is 1. The summed E-state index contributed by atoms with van der Waals surface area (Å²) in [6.07, 6.45) is 0.856. The number of amides is 1. The van der Waals surface area contributed by atoms with Gasteiger partial charge in [-0.2, -0.15) is 0 Å². The average molecular weight is 602 g/mol. The molecule has 0 spiro atoms. The fourth-order valence-electron chi connectivity index (χ4n) is 4.88. The van der Waals surface area contributed by atoms with E-state index in [1.54, 1.807) is 18.2 Å². The molecule has 1 amide bonds. The zero-order valence-electron chi connectivity index (χ0n) is 25.4. The van der Waals surface area contributed by atoms with Gasteiger partial charge in [0.2, 0.25) is 15.6 Å². The maximum atomic E-state index is 13.5. The van der Waals surface area contributed by atoms with Gasteiger partial charge in [0.15, 0.2) is 11.5 Å². The zero-order valence-corrected chi connectivity index (χ0v) is 26.2. The number of rotatable bonds is 7. The molecule has 4 rings (SSSR count). The van der Waals surface area contributed by atoms with Crippen LogP contribution in [-0.2, 0) is 33.5 Å². The van der Waals surface area contributed by atoms with Crippen LogP contribution < -0.4 is 5.32 Å². The van der Waals surface area contributed by atoms with Gasteiger partial charge in [-0.25, -0.2) is 8.42 Å². The Morgan fingerprint density at radius 2 is 1.33 bits per heavy atom. The molecule has 0 aliphatic carbocycles. The van der Waals surface area contributed by atoms with E-state index in [2.05, 4.69) is 38.2 Å². The van der Waals surface area contributed by atoms with Gasteiger partial charge in [0.1, 0.15) is 0 Å². The van der Waals surface area contributed by atoms with Gasteiger partial charge < -0.3 is 20.6 Å². The normalized spacial score (nSPS) is 12.2. The van der Waals surface area contributed by atoms with Gasteiger partial charge in [0.05, 0.1) is 15.4 Å². The summed E-state index contributed by atoms with van der Waals surface area (Å²) < 4.78 is 26.9. The van der Waals surface area contributed by atoms with Crippen LogP contribution in [0.5, 0.6) is 17.2 Å². The lowest BCUT2D eigenvalue weighted by Gasteiger charge is -2.22. The predicted octanol–water partition coefficient (Wildman–Crippen LogP) is 7.27. The summed E-state index contributed by atoms with van der Waals surface area (Å²) in [5.41, 5.74) is 2.93. The van der Waals surface area contributed by atoms with Crippen LogP contribution in [0.1, 0.15) is 74.2 Å². The molecule has 0 unspecified atom stereocenters. The van der Waals surface area contributed by atoms with Crippen molar-refractivity contribution in [2.24, 2.45) is 0 Å². The third-order valence-electron chi connectivity index (χ3n) is 7.48. The maximum Gasteiger partial charge on any atom is 0.259 e. The number of hydrogen-bond donors (Lipinski definition) is 4. The highest BCUT2D eigenvalue weighted by Gasteiger charge is 2.27. The highest BCUT2D eigenvalue weighted by molar-refractivity contribution is 7.91. The van der Waals surface area contributed by atoms with Gasteiger partial charge in [-0.3, -0.25) is 4.79 Å². The lowest BCUT2D eigenvalue weighted by molar-refractivity contribution is 0.102. The topological polar surface area (TPSA) is 124 Å². The number of anilines is 1. The third kappa shape index (κ3) is 6.86. The van der Waals surface area contributed by atoms with Crippen LogP contribution in [0, 0.1) is 0 Å². The van der Waals surface area contributed by atoms with Gasteiger partial charge in [-0.1, -0.05) is 84.0 Å². The van der Waals surface area contributed by atoms with E-state index in [-0.39, 0.29) is 26.2 Å². The van der Waals surface area contributed by atoms with Gasteiger partial charge in [0.25, 0.3) is 5.91 Å².